The normalized spacial score (nSPS) is 11.3. The third kappa shape index (κ3) is 3.03. The number of carbonyl (C=O) groups is 1. The summed E-state index contributed by atoms with van der Waals surface area (Å²) in [5.41, 5.74) is 4.39. The van der Waals surface area contributed by atoms with Gasteiger partial charge in [0, 0.05) is 25.2 Å². The van der Waals surface area contributed by atoms with Gasteiger partial charge in [-0.25, -0.2) is 9.67 Å². The molecule has 4 aromatic rings. The van der Waals surface area contributed by atoms with E-state index in [1.807, 2.05) is 48.3 Å². The molecule has 4 rings (SSSR count). The fourth-order valence-corrected chi connectivity index (χ4v) is 3.09. The lowest BCUT2D eigenvalue weighted by molar-refractivity contribution is 0.0953. The highest BCUT2D eigenvalue weighted by atomic mass is 16.1. The molecule has 0 bridgehead atoms. The van der Waals surface area contributed by atoms with Gasteiger partial charge in [-0.3, -0.25) is 4.79 Å². The second kappa shape index (κ2) is 6.95. The average molecular weight is 348 g/mol. The van der Waals surface area contributed by atoms with Crippen molar-refractivity contribution in [1.82, 2.24) is 29.9 Å². The molecule has 0 spiro atoms. The van der Waals surface area contributed by atoms with Crippen molar-refractivity contribution in [2.75, 3.05) is 6.54 Å². The van der Waals surface area contributed by atoms with Gasteiger partial charge in [-0.1, -0.05) is 17.3 Å². The Morgan fingerprint density at radius 1 is 1.12 bits per heavy atom. The van der Waals surface area contributed by atoms with Crippen LogP contribution in [0, 0.1) is 0 Å². The molecular formula is C19H20N6O. The van der Waals surface area contributed by atoms with E-state index in [2.05, 4.69) is 31.2 Å². The average Bonchev–Trinajstić information content (AvgIpc) is 3.28. The molecule has 0 saturated carbocycles. The summed E-state index contributed by atoms with van der Waals surface area (Å²) in [6.45, 7) is 4.18. The number of benzene rings is 2. The van der Waals surface area contributed by atoms with Crippen molar-refractivity contribution in [2.24, 2.45) is 0 Å². The number of aromatic nitrogens is 5. The Morgan fingerprint density at radius 3 is 2.88 bits per heavy atom. The van der Waals surface area contributed by atoms with Crippen LogP contribution in [0.5, 0.6) is 0 Å². The highest BCUT2D eigenvalue weighted by Crippen LogP contribution is 2.14. The summed E-state index contributed by atoms with van der Waals surface area (Å²) in [5.74, 6) is -0.0894. The summed E-state index contributed by atoms with van der Waals surface area (Å²) in [6, 6.07) is 13.5. The maximum Gasteiger partial charge on any atom is 0.251 e. The van der Waals surface area contributed by atoms with Gasteiger partial charge in [0.1, 0.15) is 5.52 Å². The Kier molecular flexibility index (Phi) is 4.35. The van der Waals surface area contributed by atoms with Crippen LogP contribution < -0.4 is 5.32 Å². The van der Waals surface area contributed by atoms with Crippen LogP contribution in [0.4, 0.5) is 0 Å². The molecule has 0 saturated heterocycles. The summed E-state index contributed by atoms with van der Waals surface area (Å²) in [5, 5.41) is 11.2. The third-order valence-corrected chi connectivity index (χ3v) is 4.46. The van der Waals surface area contributed by atoms with Gasteiger partial charge in [0.15, 0.2) is 0 Å². The van der Waals surface area contributed by atoms with E-state index >= 15 is 0 Å². The molecule has 2 aromatic heterocycles. The topological polar surface area (TPSA) is 77.6 Å². The second-order valence-corrected chi connectivity index (χ2v) is 6.14. The van der Waals surface area contributed by atoms with Crippen molar-refractivity contribution < 1.29 is 4.79 Å². The number of nitrogens with one attached hydrogen (secondary N) is 1. The number of hydrogen-bond donors (Lipinski definition) is 1. The maximum absolute atomic E-state index is 12.4. The number of aryl methyl sites for hydroxylation is 2. The van der Waals surface area contributed by atoms with Gasteiger partial charge in [-0.05, 0) is 43.7 Å². The van der Waals surface area contributed by atoms with Gasteiger partial charge in [0.25, 0.3) is 5.91 Å². The maximum atomic E-state index is 12.4. The quantitative estimate of drug-likeness (QED) is 0.543. The molecule has 1 N–H and O–H groups in total. The molecule has 7 nitrogen and oxygen atoms in total. The molecule has 132 valence electrons. The van der Waals surface area contributed by atoms with Gasteiger partial charge < -0.3 is 9.88 Å². The second-order valence-electron chi connectivity index (χ2n) is 6.14. The molecule has 0 unspecified atom stereocenters. The molecule has 0 aliphatic heterocycles. The first kappa shape index (κ1) is 16.3. The van der Waals surface area contributed by atoms with Gasteiger partial charge in [0.2, 0.25) is 0 Å². The molecule has 1 amide bonds. The molecule has 0 atom stereocenters. The van der Waals surface area contributed by atoms with Gasteiger partial charge in [-0.15, -0.1) is 5.10 Å². The molecule has 0 fully saturated rings. The highest BCUT2D eigenvalue weighted by molar-refractivity contribution is 5.97. The lowest BCUT2D eigenvalue weighted by Crippen LogP contribution is -2.25. The van der Waals surface area contributed by atoms with E-state index in [-0.39, 0.29) is 5.91 Å². The minimum Gasteiger partial charge on any atom is -0.352 e. The Hall–Kier alpha value is -3.22. The number of amides is 1. The zero-order valence-electron chi connectivity index (χ0n) is 14.6. The zero-order chi connectivity index (χ0) is 17.9. The standard InChI is InChI=1S/C19H20N6O/c1-2-25-18-9-8-14(12-16(18)22-23-25)19(26)20-10-5-11-24-13-21-15-6-3-4-7-17(15)24/h3-4,6-9,12-13H,2,5,10-11H2,1H3,(H,20,26). The minimum absolute atomic E-state index is 0.0894. The Balaban J connectivity index is 1.35. The predicted octanol–water partition coefficient (Wildman–Crippen LogP) is 2.62. The van der Waals surface area contributed by atoms with Crippen molar-refractivity contribution in [1.29, 1.82) is 0 Å². The van der Waals surface area contributed by atoms with Crippen molar-refractivity contribution in [3.8, 4) is 0 Å². The molecule has 7 heteroatoms. The summed E-state index contributed by atoms with van der Waals surface area (Å²) in [7, 11) is 0. The highest BCUT2D eigenvalue weighted by Gasteiger charge is 2.09. The lowest BCUT2D eigenvalue weighted by Gasteiger charge is -2.07. The zero-order valence-corrected chi connectivity index (χ0v) is 14.6. The van der Waals surface area contributed by atoms with Gasteiger partial charge >= 0.3 is 0 Å². The number of imidazole rings is 1. The SMILES string of the molecule is CCn1nnc2cc(C(=O)NCCCn3cnc4ccccc43)ccc21. The number of nitrogens with zero attached hydrogens (tertiary/aromatic N) is 5. The van der Waals surface area contributed by atoms with Crippen molar-refractivity contribution >= 4 is 28.0 Å². The van der Waals surface area contributed by atoms with E-state index in [9.17, 15) is 4.79 Å². The number of para-hydroxylation sites is 2. The van der Waals surface area contributed by atoms with Crippen LogP contribution in [0.3, 0.4) is 0 Å². The van der Waals surface area contributed by atoms with E-state index < -0.39 is 0 Å². The summed E-state index contributed by atoms with van der Waals surface area (Å²) < 4.78 is 3.92. The Morgan fingerprint density at radius 2 is 2.00 bits per heavy atom. The molecule has 26 heavy (non-hydrogen) atoms. The summed E-state index contributed by atoms with van der Waals surface area (Å²) >= 11 is 0. The molecule has 0 aliphatic carbocycles. The summed E-state index contributed by atoms with van der Waals surface area (Å²) in [4.78, 5) is 16.7. The smallest absolute Gasteiger partial charge is 0.251 e. The first-order chi connectivity index (χ1) is 12.8. The largest absolute Gasteiger partial charge is 0.352 e. The Bertz CT molecular complexity index is 1060. The Labute approximate surface area is 150 Å². The lowest BCUT2D eigenvalue weighted by atomic mass is 10.2. The van der Waals surface area contributed by atoms with E-state index in [0.717, 1.165) is 41.6 Å². The molecular weight excluding hydrogens is 328 g/mol. The van der Waals surface area contributed by atoms with Crippen LogP contribution in [0.2, 0.25) is 0 Å². The summed E-state index contributed by atoms with van der Waals surface area (Å²) in [6.07, 6.45) is 2.68. The third-order valence-electron chi connectivity index (χ3n) is 4.46. The van der Waals surface area contributed by atoms with Gasteiger partial charge in [-0.2, -0.15) is 0 Å². The molecule has 0 radical (unpaired) electrons. The molecule has 0 aliphatic rings. The first-order valence-electron chi connectivity index (χ1n) is 8.77. The van der Waals surface area contributed by atoms with Crippen molar-refractivity contribution in [2.45, 2.75) is 26.4 Å². The van der Waals surface area contributed by atoms with Gasteiger partial charge in [0.05, 0.1) is 22.9 Å². The van der Waals surface area contributed by atoms with Crippen LogP contribution in [-0.2, 0) is 13.1 Å². The van der Waals surface area contributed by atoms with Crippen LogP contribution in [0.15, 0.2) is 48.8 Å². The monoisotopic (exact) mass is 348 g/mol. The molecule has 2 aromatic carbocycles. The van der Waals surface area contributed by atoms with Crippen molar-refractivity contribution in [3.05, 3.63) is 54.4 Å². The van der Waals surface area contributed by atoms with Crippen LogP contribution >= 0.6 is 0 Å². The van der Waals surface area contributed by atoms with Crippen LogP contribution in [-0.4, -0.2) is 37.0 Å². The fourth-order valence-electron chi connectivity index (χ4n) is 3.09. The minimum atomic E-state index is -0.0894. The number of hydrogen-bond acceptors (Lipinski definition) is 4. The van der Waals surface area contributed by atoms with E-state index in [1.54, 1.807) is 6.07 Å². The number of fused-ring (bicyclic) bond motifs is 2. The number of rotatable bonds is 6. The van der Waals surface area contributed by atoms with E-state index in [0.29, 0.717) is 12.1 Å². The van der Waals surface area contributed by atoms with E-state index in [1.165, 1.54) is 0 Å². The van der Waals surface area contributed by atoms with E-state index in [4.69, 9.17) is 0 Å². The molecule has 2 heterocycles. The fraction of sp³-hybridized carbons (Fsp3) is 0.263. The predicted molar refractivity (Wildman–Crippen MR) is 99.9 cm³/mol. The number of carbonyl (C=O) groups excluding carboxylic acids is 1. The first-order valence-corrected chi connectivity index (χ1v) is 8.77. The van der Waals surface area contributed by atoms with Crippen LogP contribution in [0.25, 0.3) is 22.1 Å². The van der Waals surface area contributed by atoms with Crippen LogP contribution in [0.1, 0.15) is 23.7 Å². The van der Waals surface area contributed by atoms with Crippen molar-refractivity contribution in [3.63, 3.8) is 0 Å².